The maximum atomic E-state index is 12.6. The van der Waals surface area contributed by atoms with Crippen LogP contribution in [0.1, 0.15) is 44.6 Å². The molecule has 2 saturated carbocycles. The summed E-state index contributed by atoms with van der Waals surface area (Å²) in [5.41, 5.74) is 7.26. The topological polar surface area (TPSA) is 73.6 Å². The van der Waals surface area contributed by atoms with Gasteiger partial charge in [-0.05, 0) is 55.2 Å². The van der Waals surface area contributed by atoms with Crippen LogP contribution in [0.5, 0.6) is 11.5 Å². The van der Waals surface area contributed by atoms with Gasteiger partial charge in [0.05, 0.1) is 19.6 Å². The number of nitrogens with one attached hydrogen (secondary N) is 1. The number of ether oxygens (including phenoxy) is 2. The molecule has 2 fully saturated rings. The van der Waals surface area contributed by atoms with Gasteiger partial charge >= 0.3 is 0 Å². The lowest BCUT2D eigenvalue weighted by molar-refractivity contribution is -0.127. The van der Waals surface area contributed by atoms with E-state index in [9.17, 15) is 4.79 Å². The molecule has 1 aromatic rings. The number of halogens is 1. The highest BCUT2D eigenvalue weighted by Gasteiger charge is 2.48. The summed E-state index contributed by atoms with van der Waals surface area (Å²) in [6.07, 6.45) is 5.57. The normalized spacial score (nSPS) is 26.3. The molecule has 146 valence electrons. The fraction of sp³-hybridized carbons (Fsp3) is 0.650. The molecule has 3 N–H and O–H groups in total. The first kappa shape index (κ1) is 20.8. The molecule has 1 aromatic carbocycles. The third kappa shape index (κ3) is 4.44. The van der Waals surface area contributed by atoms with Crippen LogP contribution in [0.25, 0.3) is 0 Å². The van der Waals surface area contributed by atoms with Gasteiger partial charge in [0.25, 0.3) is 0 Å². The number of rotatable bonds is 8. The Labute approximate surface area is 162 Å². The van der Waals surface area contributed by atoms with E-state index >= 15 is 0 Å². The molecule has 3 rings (SSSR count). The number of carbonyl (C=O) groups excluding carboxylic acids is 1. The smallest absolute Gasteiger partial charge is 0.225 e. The van der Waals surface area contributed by atoms with E-state index in [1.165, 1.54) is 6.42 Å². The largest absolute Gasteiger partial charge is 0.493 e. The van der Waals surface area contributed by atoms with E-state index in [4.69, 9.17) is 15.2 Å². The van der Waals surface area contributed by atoms with Crippen molar-refractivity contribution in [2.24, 2.45) is 23.5 Å². The lowest BCUT2D eigenvalue weighted by Crippen LogP contribution is -2.45. The molecule has 0 radical (unpaired) electrons. The molecule has 6 heteroatoms. The quantitative estimate of drug-likeness (QED) is 0.676. The Kier molecular flexibility index (Phi) is 7.59. The Balaban J connectivity index is 0.00000243. The molecule has 0 spiro atoms. The third-order valence-corrected chi connectivity index (χ3v) is 5.73. The average molecular weight is 383 g/mol. The van der Waals surface area contributed by atoms with Crippen LogP contribution in [0.3, 0.4) is 0 Å². The maximum Gasteiger partial charge on any atom is 0.225 e. The van der Waals surface area contributed by atoms with Crippen LogP contribution in [0.4, 0.5) is 0 Å². The van der Waals surface area contributed by atoms with Crippen molar-refractivity contribution < 1.29 is 14.3 Å². The number of methoxy groups -OCH3 is 1. The van der Waals surface area contributed by atoms with Crippen molar-refractivity contribution in [3.8, 4) is 11.5 Å². The van der Waals surface area contributed by atoms with Crippen LogP contribution in [0.15, 0.2) is 18.2 Å². The van der Waals surface area contributed by atoms with E-state index in [-0.39, 0.29) is 30.3 Å². The molecule has 4 unspecified atom stereocenters. The van der Waals surface area contributed by atoms with Crippen molar-refractivity contribution in [3.63, 3.8) is 0 Å². The predicted octanol–water partition coefficient (Wildman–Crippen LogP) is 3.29. The molecule has 2 aliphatic rings. The van der Waals surface area contributed by atoms with Crippen molar-refractivity contribution in [2.45, 2.75) is 51.6 Å². The molecule has 0 aromatic heterocycles. The molecular formula is C20H31ClN2O3. The zero-order valence-corrected chi connectivity index (χ0v) is 16.5. The molecule has 2 bridgehead atoms. The molecule has 26 heavy (non-hydrogen) atoms. The van der Waals surface area contributed by atoms with Gasteiger partial charge in [-0.2, -0.15) is 0 Å². The minimum absolute atomic E-state index is 0. The molecule has 4 atom stereocenters. The van der Waals surface area contributed by atoms with Crippen molar-refractivity contribution in [3.05, 3.63) is 23.8 Å². The van der Waals surface area contributed by atoms with Gasteiger partial charge in [0, 0.05) is 12.6 Å². The van der Waals surface area contributed by atoms with E-state index in [2.05, 4.69) is 12.2 Å². The number of nitrogens with two attached hydrogens (primary N) is 1. The van der Waals surface area contributed by atoms with Gasteiger partial charge in [0.15, 0.2) is 11.5 Å². The monoisotopic (exact) mass is 382 g/mol. The number of fused-ring (bicyclic) bond motifs is 2. The van der Waals surface area contributed by atoms with Crippen LogP contribution in [-0.2, 0) is 11.3 Å². The summed E-state index contributed by atoms with van der Waals surface area (Å²) in [4.78, 5) is 12.6. The van der Waals surface area contributed by atoms with E-state index in [0.717, 1.165) is 37.0 Å². The van der Waals surface area contributed by atoms with Crippen molar-refractivity contribution >= 4 is 18.3 Å². The zero-order chi connectivity index (χ0) is 17.8. The van der Waals surface area contributed by atoms with Crippen molar-refractivity contribution in [1.29, 1.82) is 0 Å². The van der Waals surface area contributed by atoms with Crippen LogP contribution in [-0.4, -0.2) is 25.7 Å². The highest BCUT2D eigenvalue weighted by Crippen LogP contribution is 2.47. The van der Waals surface area contributed by atoms with Crippen LogP contribution in [0, 0.1) is 17.8 Å². The van der Waals surface area contributed by atoms with E-state index in [1.54, 1.807) is 7.11 Å². The summed E-state index contributed by atoms with van der Waals surface area (Å²) in [6, 6.07) is 5.86. The lowest BCUT2D eigenvalue weighted by Gasteiger charge is -2.27. The SMILES string of the molecule is CCCCOc1ccc(CNC(=O)C2C3CCC(C3)C2N)cc1OC.Cl. The minimum Gasteiger partial charge on any atom is -0.493 e. The first-order chi connectivity index (χ1) is 12.1. The predicted molar refractivity (Wildman–Crippen MR) is 105 cm³/mol. The van der Waals surface area contributed by atoms with Gasteiger partial charge in [-0.15, -0.1) is 12.4 Å². The second-order valence-corrected chi connectivity index (χ2v) is 7.34. The first-order valence-corrected chi connectivity index (χ1v) is 9.47. The second-order valence-electron chi connectivity index (χ2n) is 7.34. The highest BCUT2D eigenvalue weighted by atomic mass is 35.5. The summed E-state index contributed by atoms with van der Waals surface area (Å²) in [5.74, 6) is 2.56. The average Bonchev–Trinajstić information content (AvgIpc) is 3.21. The van der Waals surface area contributed by atoms with Gasteiger partial charge < -0.3 is 20.5 Å². The molecule has 0 aliphatic heterocycles. The molecule has 0 heterocycles. The fourth-order valence-electron chi connectivity index (χ4n) is 4.30. The van der Waals surface area contributed by atoms with Gasteiger partial charge in [-0.3, -0.25) is 4.79 Å². The molecule has 1 amide bonds. The van der Waals surface area contributed by atoms with Crippen LogP contribution >= 0.6 is 12.4 Å². The molecular weight excluding hydrogens is 352 g/mol. The van der Waals surface area contributed by atoms with E-state index in [1.807, 2.05) is 18.2 Å². The molecule has 2 aliphatic carbocycles. The molecule has 5 nitrogen and oxygen atoms in total. The van der Waals surface area contributed by atoms with Crippen molar-refractivity contribution in [2.75, 3.05) is 13.7 Å². The first-order valence-electron chi connectivity index (χ1n) is 9.47. The second kappa shape index (κ2) is 9.47. The Morgan fingerprint density at radius 3 is 2.69 bits per heavy atom. The summed E-state index contributed by atoms with van der Waals surface area (Å²) in [5, 5.41) is 3.06. The number of unbranched alkanes of at least 4 members (excludes halogenated alkanes) is 1. The van der Waals surface area contributed by atoms with E-state index in [0.29, 0.717) is 30.7 Å². The van der Waals surface area contributed by atoms with Crippen LogP contribution in [0.2, 0.25) is 0 Å². The van der Waals surface area contributed by atoms with E-state index < -0.39 is 0 Å². The van der Waals surface area contributed by atoms with Gasteiger partial charge in [0.1, 0.15) is 0 Å². The summed E-state index contributed by atoms with van der Waals surface area (Å²) in [7, 11) is 1.64. The van der Waals surface area contributed by atoms with Gasteiger partial charge in [-0.1, -0.05) is 19.4 Å². The van der Waals surface area contributed by atoms with Gasteiger partial charge in [0.2, 0.25) is 5.91 Å². The Morgan fingerprint density at radius 2 is 2.04 bits per heavy atom. The number of carbonyl (C=O) groups is 1. The molecule has 0 saturated heterocycles. The van der Waals surface area contributed by atoms with Crippen LogP contribution < -0.4 is 20.5 Å². The lowest BCUT2D eigenvalue weighted by atomic mass is 9.84. The fourth-order valence-corrected chi connectivity index (χ4v) is 4.30. The summed E-state index contributed by atoms with van der Waals surface area (Å²) in [6.45, 7) is 3.31. The minimum atomic E-state index is -0.0164. The summed E-state index contributed by atoms with van der Waals surface area (Å²) < 4.78 is 11.2. The van der Waals surface area contributed by atoms with Gasteiger partial charge in [-0.25, -0.2) is 0 Å². The zero-order valence-electron chi connectivity index (χ0n) is 15.7. The highest BCUT2D eigenvalue weighted by molar-refractivity contribution is 5.85. The third-order valence-electron chi connectivity index (χ3n) is 5.73. The number of amides is 1. The summed E-state index contributed by atoms with van der Waals surface area (Å²) >= 11 is 0. The Hall–Kier alpha value is -1.46. The standard InChI is InChI=1S/C20H30N2O3.ClH/c1-3-4-9-25-16-8-5-13(10-17(16)24-2)12-22-20(23)18-14-6-7-15(11-14)19(18)21;/h5,8,10,14-15,18-19H,3-4,6-7,9,11-12,21H2,1-2H3,(H,22,23);1H. The Bertz CT molecular complexity index is 609. The number of hydrogen-bond donors (Lipinski definition) is 2. The maximum absolute atomic E-state index is 12.6. The number of hydrogen-bond acceptors (Lipinski definition) is 4. The number of benzene rings is 1. The van der Waals surface area contributed by atoms with Crippen molar-refractivity contribution in [1.82, 2.24) is 5.32 Å². The Morgan fingerprint density at radius 1 is 1.27 bits per heavy atom.